The van der Waals surface area contributed by atoms with E-state index in [0.717, 1.165) is 18.5 Å². The van der Waals surface area contributed by atoms with E-state index < -0.39 is 10.0 Å². The average molecular weight is 414 g/mol. The number of anilines is 1. The van der Waals surface area contributed by atoms with Crippen LogP contribution in [0.1, 0.15) is 32.1 Å². The number of nitrogens with one attached hydrogen (secondary N) is 1. The monoisotopic (exact) mass is 413 g/mol. The molecule has 1 saturated carbocycles. The molecule has 1 N–H and O–H groups in total. The highest BCUT2D eigenvalue weighted by Gasteiger charge is 2.27. The van der Waals surface area contributed by atoms with E-state index in [2.05, 4.69) is 10.2 Å². The van der Waals surface area contributed by atoms with E-state index in [1.165, 1.54) is 17.1 Å². The molecule has 27 heavy (non-hydrogen) atoms. The van der Waals surface area contributed by atoms with Crippen LogP contribution in [0.2, 0.25) is 5.02 Å². The lowest BCUT2D eigenvalue weighted by molar-refractivity contribution is -0.121. The Kier molecular flexibility index (Phi) is 7.00. The standard InChI is InChI=1S/C19H28ClN3O3S/c20-17-6-3-7-18(15-17)22-9-11-23(12-10-22)27(25,26)13-8-21-19(24)14-16-4-1-2-5-16/h3,6-7,15-16H,1-2,4-5,8-14H2,(H,21,24). The molecule has 1 aromatic carbocycles. The summed E-state index contributed by atoms with van der Waals surface area (Å²) in [7, 11) is -3.35. The second kappa shape index (κ2) is 9.26. The second-order valence-corrected chi connectivity index (χ2v) is 9.91. The average Bonchev–Trinajstić information content (AvgIpc) is 3.14. The molecular weight excluding hydrogens is 386 g/mol. The lowest BCUT2D eigenvalue weighted by Crippen LogP contribution is -2.50. The largest absolute Gasteiger partial charge is 0.369 e. The van der Waals surface area contributed by atoms with Crippen LogP contribution in [0.5, 0.6) is 0 Å². The summed E-state index contributed by atoms with van der Waals surface area (Å²) in [6.07, 6.45) is 5.16. The minimum atomic E-state index is -3.35. The number of sulfonamides is 1. The molecular formula is C19H28ClN3O3S. The summed E-state index contributed by atoms with van der Waals surface area (Å²) >= 11 is 6.03. The van der Waals surface area contributed by atoms with Crippen molar-refractivity contribution in [2.45, 2.75) is 32.1 Å². The molecule has 0 aromatic heterocycles. The highest BCUT2D eigenvalue weighted by atomic mass is 35.5. The molecule has 0 unspecified atom stereocenters. The van der Waals surface area contributed by atoms with Crippen LogP contribution in [0.4, 0.5) is 5.69 Å². The summed E-state index contributed by atoms with van der Waals surface area (Å²) in [6.45, 7) is 2.35. The topological polar surface area (TPSA) is 69.7 Å². The normalized spacial score (nSPS) is 19.4. The van der Waals surface area contributed by atoms with Crippen LogP contribution in [-0.4, -0.2) is 57.1 Å². The number of amides is 1. The third-order valence-corrected chi connectivity index (χ3v) is 7.54. The van der Waals surface area contributed by atoms with Gasteiger partial charge in [0.05, 0.1) is 5.75 Å². The fourth-order valence-electron chi connectivity index (χ4n) is 3.89. The third-order valence-electron chi connectivity index (χ3n) is 5.44. The summed E-state index contributed by atoms with van der Waals surface area (Å²) in [5, 5.41) is 3.45. The number of carbonyl (C=O) groups is 1. The number of halogens is 1. The first-order valence-corrected chi connectivity index (χ1v) is 11.7. The van der Waals surface area contributed by atoms with E-state index in [-0.39, 0.29) is 18.2 Å². The lowest BCUT2D eigenvalue weighted by atomic mass is 10.0. The maximum Gasteiger partial charge on any atom is 0.220 e. The van der Waals surface area contributed by atoms with E-state index in [9.17, 15) is 13.2 Å². The zero-order chi connectivity index (χ0) is 19.3. The van der Waals surface area contributed by atoms with Gasteiger partial charge in [-0.05, 0) is 37.0 Å². The predicted octanol–water partition coefficient (Wildman–Crippen LogP) is 2.49. The molecule has 0 spiro atoms. The van der Waals surface area contributed by atoms with Crippen molar-refractivity contribution in [1.82, 2.24) is 9.62 Å². The molecule has 8 heteroatoms. The third kappa shape index (κ3) is 5.83. The molecule has 0 radical (unpaired) electrons. The first kappa shape index (κ1) is 20.4. The molecule has 1 saturated heterocycles. The molecule has 2 fully saturated rings. The summed E-state index contributed by atoms with van der Waals surface area (Å²) in [6, 6.07) is 7.60. The zero-order valence-corrected chi connectivity index (χ0v) is 17.1. The van der Waals surface area contributed by atoms with Crippen LogP contribution in [0, 0.1) is 5.92 Å². The van der Waals surface area contributed by atoms with E-state index >= 15 is 0 Å². The number of piperazine rings is 1. The van der Waals surface area contributed by atoms with Crippen LogP contribution in [0.15, 0.2) is 24.3 Å². The van der Waals surface area contributed by atoms with Crippen LogP contribution in [-0.2, 0) is 14.8 Å². The number of hydrogen-bond acceptors (Lipinski definition) is 4. The number of carbonyl (C=O) groups excluding carboxylic acids is 1. The van der Waals surface area contributed by atoms with Crippen LogP contribution >= 0.6 is 11.6 Å². The first-order valence-electron chi connectivity index (χ1n) is 9.69. The highest BCUT2D eigenvalue weighted by Crippen LogP contribution is 2.27. The Bertz CT molecular complexity index is 742. The molecule has 1 aliphatic heterocycles. The van der Waals surface area contributed by atoms with Crippen molar-refractivity contribution in [2.75, 3.05) is 43.4 Å². The fraction of sp³-hybridized carbons (Fsp3) is 0.632. The fourth-order valence-corrected chi connectivity index (χ4v) is 5.42. The van der Waals surface area contributed by atoms with Gasteiger partial charge >= 0.3 is 0 Å². The molecule has 0 bridgehead atoms. The van der Waals surface area contributed by atoms with Crippen molar-refractivity contribution >= 4 is 33.2 Å². The van der Waals surface area contributed by atoms with Gasteiger partial charge in [0.1, 0.15) is 0 Å². The lowest BCUT2D eigenvalue weighted by Gasteiger charge is -2.35. The second-order valence-electron chi connectivity index (χ2n) is 7.39. The molecule has 1 aromatic rings. The van der Waals surface area contributed by atoms with Gasteiger partial charge in [0.2, 0.25) is 15.9 Å². The summed E-state index contributed by atoms with van der Waals surface area (Å²) in [5.41, 5.74) is 1.01. The van der Waals surface area contributed by atoms with Gasteiger partial charge < -0.3 is 10.2 Å². The minimum Gasteiger partial charge on any atom is -0.369 e. The summed E-state index contributed by atoms with van der Waals surface area (Å²) in [5.74, 6) is 0.407. The van der Waals surface area contributed by atoms with E-state index in [4.69, 9.17) is 11.6 Å². The first-order chi connectivity index (χ1) is 12.9. The van der Waals surface area contributed by atoms with Crippen molar-refractivity contribution in [3.05, 3.63) is 29.3 Å². The smallest absolute Gasteiger partial charge is 0.220 e. The van der Waals surface area contributed by atoms with Crippen molar-refractivity contribution in [1.29, 1.82) is 0 Å². The van der Waals surface area contributed by atoms with E-state index in [1.54, 1.807) is 0 Å². The van der Waals surface area contributed by atoms with Crippen LogP contribution in [0.3, 0.4) is 0 Å². The van der Waals surface area contributed by atoms with Crippen molar-refractivity contribution in [3.63, 3.8) is 0 Å². The quantitative estimate of drug-likeness (QED) is 0.745. The van der Waals surface area contributed by atoms with Crippen molar-refractivity contribution < 1.29 is 13.2 Å². The maximum atomic E-state index is 12.5. The molecule has 150 valence electrons. The molecule has 2 aliphatic rings. The Morgan fingerprint density at radius 2 is 1.85 bits per heavy atom. The summed E-state index contributed by atoms with van der Waals surface area (Å²) in [4.78, 5) is 14.1. The number of hydrogen-bond donors (Lipinski definition) is 1. The van der Waals surface area contributed by atoms with Crippen LogP contribution in [0.25, 0.3) is 0 Å². The molecule has 0 atom stereocenters. The van der Waals surface area contributed by atoms with Gasteiger partial charge in [0.25, 0.3) is 0 Å². The number of nitrogens with zero attached hydrogens (tertiary/aromatic N) is 2. The molecule has 3 rings (SSSR count). The Hall–Kier alpha value is -1.31. The van der Waals surface area contributed by atoms with Crippen LogP contribution < -0.4 is 10.2 Å². The molecule has 1 aliphatic carbocycles. The van der Waals surface area contributed by atoms with Gasteiger partial charge in [-0.15, -0.1) is 0 Å². The van der Waals surface area contributed by atoms with Gasteiger partial charge in [-0.3, -0.25) is 4.79 Å². The maximum absolute atomic E-state index is 12.5. The van der Waals surface area contributed by atoms with Gasteiger partial charge in [-0.1, -0.05) is 30.5 Å². The minimum absolute atomic E-state index is 0.0251. The van der Waals surface area contributed by atoms with Gasteiger partial charge in [0, 0.05) is 49.9 Å². The Morgan fingerprint density at radius 1 is 1.15 bits per heavy atom. The highest BCUT2D eigenvalue weighted by molar-refractivity contribution is 7.89. The Balaban J connectivity index is 1.42. The SMILES string of the molecule is O=C(CC1CCCC1)NCCS(=O)(=O)N1CCN(c2cccc(Cl)c2)CC1. The molecule has 6 nitrogen and oxygen atoms in total. The van der Waals surface area contributed by atoms with Crippen molar-refractivity contribution in [2.24, 2.45) is 5.92 Å². The molecule has 1 amide bonds. The van der Waals surface area contributed by atoms with Crippen molar-refractivity contribution in [3.8, 4) is 0 Å². The van der Waals surface area contributed by atoms with E-state index in [0.29, 0.717) is 43.5 Å². The number of benzene rings is 1. The van der Waals surface area contributed by atoms with Gasteiger partial charge in [-0.2, -0.15) is 4.31 Å². The Labute approximate surface area is 166 Å². The molecule has 1 heterocycles. The van der Waals surface area contributed by atoms with Gasteiger partial charge in [-0.25, -0.2) is 8.42 Å². The van der Waals surface area contributed by atoms with E-state index in [1.807, 2.05) is 24.3 Å². The van der Waals surface area contributed by atoms with Gasteiger partial charge in [0.15, 0.2) is 0 Å². The Morgan fingerprint density at radius 3 is 2.52 bits per heavy atom. The zero-order valence-electron chi connectivity index (χ0n) is 15.6. The predicted molar refractivity (Wildman–Crippen MR) is 109 cm³/mol. The number of rotatable bonds is 7. The summed E-state index contributed by atoms with van der Waals surface area (Å²) < 4.78 is 26.6.